The van der Waals surface area contributed by atoms with Gasteiger partial charge in [-0.1, -0.05) is 118 Å². The van der Waals surface area contributed by atoms with Crippen LogP contribution in [-0.2, 0) is 42.9 Å². The van der Waals surface area contributed by atoms with E-state index in [1.165, 1.54) is 38.5 Å². The van der Waals surface area contributed by atoms with Crippen LogP contribution in [-0.4, -0.2) is 56.1 Å². The van der Waals surface area contributed by atoms with Gasteiger partial charge in [0.2, 0.25) is 5.78 Å². The molecular formula is C39H70O9. The lowest BCUT2D eigenvalue weighted by molar-refractivity contribution is -0.155. The van der Waals surface area contributed by atoms with Gasteiger partial charge in [-0.25, -0.2) is 4.79 Å². The molecule has 0 spiro atoms. The molecule has 280 valence electrons. The molecule has 9 nitrogen and oxygen atoms in total. The normalized spacial score (nSPS) is 11.1. The zero-order valence-electron chi connectivity index (χ0n) is 31.1. The highest BCUT2D eigenvalue weighted by molar-refractivity contribution is 6.33. The molecule has 0 aromatic heterocycles. The number of carbonyl (C=O) groups excluding carboxylic acids is 5. The van der Waals surface area contributed by atoms with Crippen molar-refractivity contribution < 1.29 is 42.9 Å². The Morgan fingerprint density at radius 1 is 0.354 bits per heavy atom. The molecule has 0 rings (SSSR count). The highest BCUT2D eigenvalue weighted by Gasteiger charge is 2.17. The van der Waals surface area contributed by atoms with Crippen molar-refractivity contribution in [2.24, 2.45) is 11.8 Å². The molecule has 0 aromatic rings. The molecule has 48 heavy (non-hydrogen) atoms. The summed E-state index contributed by atoms with van der Waals surface area (Å²) < 4.78 is 20.8. The van der Waals surface area contributed by atoms with Crippen molar-refractivity contribution in [2.45, 2.75) is 182 Å². The van der Waals surface area contributed by atoms with Crippen LogP contribution in [0.5, 0.6) is 0 Å². The van der Waals surface area contributed by atoms with Crippen molar-refractivity contribution in [2.75, 3.05) is 26.4 Å². The average Bonchev–Trinajstić information content (AvgIpc) is 3.04. The van der Waals surface area contributed by atoms with Crippen LogP contribution in [0.4, 0.5) is 0 Å². The van der Waals surface area contributed by atoms with E-state index in [9.17, 15) is 24.0 Å². The largest absolute Gasteiger partial charge is 0.466 e. The minimum absolute atomic E-state index is 0.106. The molecule has 0 N–H and O–H groups in total. The van der Waals surface area contributed by atoms with Crippen molar-refractivity contribution in [3.63, 3.8) is 0 Å². The van der Waals surface area contributed by atoms with Gasteiger partial charge in [-0.3, -0.25) is 19.2 Å². The summed E-state index contributed by atoms with van der Waals surface area (Å²) in [5, 5.41) is 0. The number of carbonyl (C=O) groups is 5. The quantitative estimate of drug-likeness (QED) is 0.0283. The predicted molar refractivity (Wildman–Crippen MR) is 189 cm³/mol. The van der Waals surface area contributed by atoms with Crippen molar-refractivity contribution in [1.29, 1.82) is 0 Å². The molecule has 0 bridgehead atoms. The smallest absolute Gasteiger partial charge is 0.374 e. The molecule has 0 radical (unpaired) electrons. The van der Waals surface area contributed by atoms with Gasteiger partial charge in [-0.2, -0.15) is 0 Å². The van der Waals surface area contributed by atoms with Crippen LogP contribution in [0.25, 0.3) is 0 Å². The van der Waals surface area contributed by atoms with Gasteiger partial charge < -0.3 is 18.9 Å². The fourth-order valence-electron chi connectivity index (χ4n) is 5.16. The topological polar surface area (TPSA) is 122 Å². The molecule has 0 saturated heterocycles. The number of hydrogen-bond donors (Lipinski definition) is 0. The standard InChI is InChI=1S/C39H70O9/c1-33(2)23-15-7-9-17-25-36(41)45-29-19-11-5-12-21-31-47-38(43)28-27-35(40)39(44)48-32-22-14-6-13-20-30-46-37(42)26-18-10-8-16-24-34(3)4/h33-34H,5-32H2,1-4H3. The van der Waals surface area contributed by atoms with Crippen LogP contribution >= 0.6 is 0 Å². The molecule has 0 heterocycles. The van der Waals surface area contributed by atoms with Gasteiger partial charge in [0.25, 0.3) is 0 Å². The molecule has 0 amide bonds. The molecule has 0 aliphatic rings. The SMILES string of the molecule is CC(C)CCCCCCC(=O)OCCCCCCCOC(=O)CCC(=O)C(=O)OCCCCCCCOC(=O)CCCCCCC(C)C. The van der Waals surface area contributed by atoms with Crippen LogP contribution in [0.15, 0.2) is 0 Å². The maximum atomic E-state index is 12.0. The first kappa shape index (κ1) is 45.6. The third kappa shape index (κ3) is 33.5. The van der Waals surface area contributed by atoms with Gasteiger partial charge in [0.15, 0.2) is 0 Å². The minimum Gasteiger partial charge on any atom is -0.466 e. The Labute approximate surface area is 292 Å². The van der Waals surface area contributed by atoms with E-state index in [4.69, 9.17) is 18.9 Å². The second kappa shape index (κ2) is 33.1. The first-order valence-electron chi connectivity index (χ1n) is 19.3. The molecule has 0 aliphatic heterocycles. The molecule has 0 aliphatic carbocycles. The van der Waals surface area contributed by atoms with Crippen molar-refractivity contribution in [3.05, 3.63) is 0 Å². The third-order valence-electron chi connectivity index (χ3n) is 8.21. The summed E-state index contributed by atoms with van der Waals surface area (Å²) >= 11 is 0. The number of ether oxygens (including phenoxy) is 4. The Kier molecular flexibility index (Phi) is 31.4. The third-order valence-corrected chi connectivity index (χ3v) is 8.21. The molecule has 0 aromatic carbocycles. The average molecular weight is 683 g/mol. The van der Waals surface area contributed by atoms with E-state index in [-0.39, 0.29) is 38.0 Å². The molecule has 9 heteroatoms. The first-order valence-corrected chi connectivity index (χ1v) is 19.3. The molecule has 0 saturated carbocycles. The van der Waals surface area contributed by atoms with Crippen LogP contribution in [0.1, 0.15) is 182 Å². The van der Waals surface area contributed by atoms with E-state index in [0.29, 0.717) is 32.5 Å². The van der Waals surface area contributed by atoms with Gasteiger partial charge in [0, 0.05) is 19.3 Å². The lowest BCUT2D eigenvalue weighted by Gasteiger charge is -2.07. The Morgan fingerprint density at radius 3 is 1.06 bits per heavy atom. The first-order chi connectivity index (χ1) is 23.1. The fourth-order valence-corrected chi connectivity index (χ4v) is 5.16. The van der Waals surface area contributed by atoms with E-state index >= 15 is 0 Å². The molecule has 0 fully saturated rings. The van der Waals surface area contributed by atoms with Gasteiger partial charge in [-0.15, -0.1) is 0 Å². The number of esters is 4. The number of Topliss-reactive ketones (excluding diaryl/α,β-unsaturated/α-hetero) is 1. The molecule has 0 unspecified atom stereocenters. The van der Waals surface area contributed by atoms with Gasteiger partial charge >= 0.3 is 23.9 Å². The Bertz CT molecular complexity index is 837. The van der Waals surface area contributed by atoms with Crippen molar-refractivity contribution in [3.8, 4) is 0 Å². The number of rotatable bonds is 34. The summed E-state index contributed by atoms with van der Waals surface area (Å²) in [6.07, 6.45) is 20.4. The predicted octanol–water partition coefficient (Wildman–Crippen LogP) is 9.40. The van der Waals surface area contributed by atoms with Gasteiger partial charge in [0.1, 0.15) is 0 Å². The minimum atomic E-state index is -0.905. The van der Waals surface area contributed by atoms with Gasteiger partial charge in [0.05, 0.1) is 32.8 Å². The molecular weight excluding hydrogens is 612 g/mol. The Balaban J connectivity index is 3.52. The van der Waals surface area contributed by atoms with E-state index in [1.54, 1.807) is 0 Å². The van der Waals surface area contributed by atoms with Crippen LogP contribution in [0.3, 0.4) is 0 Å². The summed E-state index contributed by atoms with van der Waals surface area (Å²) in [6, 6.07) is 0. The van der Waals surface area contributed by atoms with Crippen LogP contribution in [0, 0.1) is 11.8 Å². The van der Waals surface area contributed by atoms with Gasteiger partial charge in [-0.05, 0) is 50.4 Å². The maximum Gasteiger partial charge on any atom is 0.374 e. The van der Waals surface area contributed by atoms with Crippen LogP contribution < -0.4 is 0 Å². The summed E-state index contributed by atoms with van der Waals surface area (Å²) in [5.74, 6) is -0.857. The lowest BCUT2D eigenvalue weighted by Crippen LogP contribution is -2.19. The van der Waals surface area contributed by atoms with E-state index in [0.717, 1.165) is 95.3 Å². The highest BCUT2D eigenvalue weighted by Crippen LogP contribution is 2.13. The van der Waals surface area contributed by atoms with Crippen molar-refractivity contribution >= 4 is 29.7 Å². The summed E-state index contributed by atoms with van der Waals surface area (Å²) in [4.78, 5) is 59.4. The summed E-state index contributed by atoms with van der Waals surface area (Å²) in [5.41, 5.74) is 0. The van der Waals surface area contributed by atoms with Crippen molar-refractivity contribution in [1.82, 2.24) is 0 Å². The van der Waals surface area contributed by atoms with E-state index in [2.05, 4.69) is 27.7 Å². The second-order valence-corrected chi connectivity index (χ2v) is 13.9. The maximum absolute atomic E-state index is 12.0. The Hall–Kier alpha value is -2.45. The zero-order valence-corrected chi connectivity index (χ0v) is 31.1. The van der Waals surface area contributed by atoms with E-state index < -0.39 is 17.7 Å². The second-order valence-electron chi connectivity index (χ2n) is 13.9. The highest BCUT2D eigenvalue weighted by atomic mass is 16.5. The van der Waals surface area contributed by atoms with E-state index in [1.807, 2.05) is 0 Å². The summed E-state index contributed by atoms with van der Waals surface area (Å²) in [7, 11) is 0. The molecule has 0 atom stereocenters. The number of unbranched alkanes of at least 4 members (excludes halogenated alkanes) is 14. The van der Waals surface area contributed by atoms with Crippen LogP contribution in [0.2, 0.25) is 0 Å². The number of hydrogen-bond acceptors (Lipinski definition) is 9. The summed E-state index contributed by atoms with van der Waals surface area (Å²) in [6.45, 7) is 10.3. The zero-order chi connectivity index (χ0) is 35.7. The monoisotopic (exact) mass is 683 g/mol. The number of ketones is 1. The Morgan fingerprint density at radius 2 is 0.667 bits per heavy atom. The lowest BCUT2D eigenvalue weighted by atomic mass is 10.0. The fraction of sp³-hybridized carbons (Fsp3) is 0.872.